The molecule has 14 heavy (non-hydrogen) atoms. The Kier molecular flexibility index (Phi) is 3.96. The van der Waals surface area contributed by atoms with E-state index in [1.54, 1.807) is 0 Å². The number of hydrogen-bond acceptors (Lipinski definition) is 2. The topological polar surface area (TPSA) is 35.2 Å². The summed E-state index contributed by atoms with van der Waals surface area (Å²) in [6.07, 6.45) is 0. The highest BCUT2D eigenvalue weighted by Gasteiger charge is 2.09. The summed E-state index contributed by atoms with van der Waals surface area (Å²) in [7, 11) is 0. The van der Waals surface area contributed by atoms with Gasteiger partial charge >= 0.3 is 0 Å². The summed E-state index contributed by atoms with van der Waals surface area (Å²) in [5, 5.41) is 0. The Balaban J connectivity index is 3.02. The molecule has 0 heterocycles. The van der Waals surface area contributed by atoms with Crippen molar-refractivity contribution in [3.05, 3.63) is 29.3 Å². The molecule has 0 aliphatic heterocycles. The first-order valence-electron chi connectivity index (χ1n) is 5.12. The lowest BCUT2D eigenvalue weighted by Gasteiger charge is -2.15. The monoisotopic (exact) mass is 193 g/mol. The van der Waals surface area contributed by atoms with Crippen molar-refractivity contribution in [1.29, 1.82) is 0 Å². The van der Waals surface area contributed by atoms with Crippen LogP contribution in [-0.4, -0.2) is 13.2 Å². The van der Waals surface area contributed by atoms with Crippen LogP contribution in [0.4, 0.5) is 0 Å². The summed E-state index contributed by atoms with van der Waals surface area (Å²) >= 11 is 0. The summed E-state index contributed by atoms with van der Waals surface area (Å²) in [5.74, 6) is 1.33. The molecule has 1 rings (SSSR count). The zero-order chi connectivity index (χ0) is 10.6. The predicted molar refractivity (Wildman–Crippen MR) is 59.8 cm³/mol. The van der Waals surface area contributed by atoms with Gasteiger partial charge in [-0.1, -0.05) is 24.6 Å². The highest BCUT2D eigenvalue weighted by molar-refractivity contribution is 5.39. The first-order chi connectivity index (χ1) is 6.69. The zero-order valence-corrected chi connectivity index (χ0v) is 9.21. The molecule has 1 aromatic rings. The lowest BCUT2D eigenvalue weighted by molar-refractivity contribution is 0.334. The van der Waals surface area contributed by atoms with Gasteiger partial charge in [-0.05, 0) is 37.9 Å². The quantitative estimate of drug-likeness (QED) is 0.797. The fourth-order valence-electron chi connectivity index (χ4n) is 1.47. The minimum Gasteiger partial charge on any atom is -0.494 e. The van der Waals surface area contributed by atoms with Crippen molar-refractivity contribution in [3.63, 3.8) is 0 Å². The Morgan fingerprint density at radius 3 is 2.71 bits per heavy atom. The first kappa shape index (κ1) is 11.1. The Labute approximate surface area is 86.1 Å². The highest BCUT2D eigenvalue weighted by Crippen LogP contribution is 2.27. The van der Waals surface area contributed by atoms with Crippen molar-refractivity contribution >= 4 is 0 Å². The van der Waals surface area contributed by atoms with E-state index in [0.29, 0.717) is 19.1 Å². The molecule has 0 spiro atoms. The van der Waals surface area contributed by atoms with E-state index in [4.69, 9.17) is 10.5 Å². The minimum atomic E-state index is 0.358. The van der Waals surface area contributed by atoms with Crippen LogP contribution < -0.4 is 10.5 Å². The number of benzene rings is 1. The maximum Gasteiger partial charge on any atom is 0.122 e. The van der Waals surface area contributed by atoms with Gasteiger partial charge in [-0.3, -0.25) is 0 Å². The molecular weight excluding hydrogens is 174 g/mol. The molecule has 1 atom stereocenters. The van der Waals surface area contributed by atoms with Crippen LogP contribution >= 0.6 is 0 Å². The second kappa shape index (κ2) is 5.01. The molecule has 0 aliphatic rings. The predicted octanol–water partition coefficient (Wildman–Crippen LogP) is 2.46. The largest absolute Gasteiger partial charge is 0.494 e. The summed E-state index contributed by atoms with van der Waals surface area (Å²) in [6.45, 7) is 7.56. The Morgan fingerprint density at radius 2 is 2.14 bits per heavy atom. The molecular formula is C12H19NO. The van der Waals surface area contributed by atoms with Crippen molar-refractivity contribution in [2.24, 2.45) is 5.73 Å². The van der Waals surface area contributed by atoms with E-state index in [1.807, 2.05) is 13.0 Å². The van der Waals surface area contributed by atoms with Crippen LogP contribution in [0, 0.1) is 6.92 Å². The molecule has 2 nitrogen and oxygen atoms in total. The fraction of sp³-hybridized carbons (Fsp3) is 0.500. The van der Waals surface area contributed by atoms with Gasteiger partial charge in [-0.15, -0.1) is 0 Å². The van der Waals surface area contributed by atoms with Crippen molar-refractivity contribution < 1.29 is 4.74 Å². The summed E-state index contributed by atoms with van der Waals surface area (Å²) in [6, 6.07) is 6.25. The third-order valence-electron chi connectivity index (χ3n) is 2.35. The lowest BCUT2D eigenvalue weighted by Crippen LogP contribution is -2.10. The normalized spacial score (nSPS) is 12.6. The second-order valence-corrected chi connectivity index (χ2v) is 3.61. The Morgan fingerprint density at radius 1 is 1.43 bits per heavy atom. The number of aryl methyl sites for hydroxylation is 1. The second-order valence-electron chi connectivity index (χ2n) is 3.61. The zero-order valence-electron chi connectivity index (χ0n) is 9.21. The average Bonchev–Trinajstić information content (AvgIpc) is 2.20. The van der Waals surface area contributed by atoms with Crippen LogP contribution in [0.25, 0.3) is 0 Å². The summed E-state index contributed by atoms with van der Waals surface area (Å²) in [5.41, 5.74) is 8.13. The van der Waals surface area contributed by atoms with Crippen LogP contribution in [0.5, 0.6) is 5.75 Å². The van der Waals surface area contributed by atoms with Crippen LogP contribution in [0.15, 0.2) is 18.2 Å². The molecule has 78 valence electrons. The molecule has 1 aromatic carbocycles. The van der Waals surface area contributed by atoms with Crippen molar-refractivity contribution in [2.45, 2.75) is 26.7 Å². The minimum absolute atomic E-state index is 0.358. The van der Waals surface area contributed by atoms with Crippen molar-refractivity contribution in [3.8, 4) is 5.75 Å². The van der Waals surface area contributed by atoms with Gasteiger partial charge in [0, 0.05) is 0 Å². The van der Waals surface area contributed by atoms with Crippen LogP contribution in [0.1, 0.15) is 30.9 Å². The molecule has 2 N–H and O–H groups in total. The molecule has 0 aliphatic carbocycles. The van der Waals surface area contributed by atoms with Gasteiger partial charge in [0.15, 0.2) is 0 Å². The summed E-state index contributed by atoms with van der Waals surface area (Å²) in [4.78, 5) is 0. The van der Waals surface area contributed by atoms with Gasteiger partial charge in [-0.25, -0.2) is 0 Å². The van der Waals surface area contributed by atoms with Crippen LogP contribution in [-0.2, 0) is 0 Å². The number of nitrogens with two attached hydrogens (primary N) is 1. The van der Waals surface area contributed by atoms with E-state index in [2.05, 4.69) is 26.0 Å². The maximum absolute atomic E-state index is 5.66. The van der Waals surface area contributed by atoms with Gasteiger partial charge in [0.1, 0.15) is 5.75 Å². The van der Waals surface area contributed by atoms with Gasteiger partial charge < -0.3 is 10.5 Å². The Hall–Kier alpha value is -1.02. The van der Waals surface area contributed by atoms with E-state index < -0.39 is 0 Å². The lowest BCUT2D eigenvalue weighted by atomic mass is 9.98. The van der Waals surface area contributed by atoms with E-state index >= 15 is 0 Å². The summed E-state index contributed by atoms with van der Waals surface area (Å²) < 4.78 is 5.56. The van der Waals surface area contributed by atoms with E-state index in [0.717, 1.165) is 5.75 Å². The molecule has 2 heteroatoms. The molecule has 0 radical (unpaired) electrons. The molecule has 0 bridgehead atoms. The third-order valence-corrected chi connectivity index (χ3v) is 2.35. The van der Waals surface area contributed by atoms with Gasteiger partial charge in [0.05, 0.1) is 6.61 Å². The van der Waals surface area contributed by atoms with Crippen LogP contribution in [0.3, 0.4) is 0 Å². The van der Waals surface area contributed by atoms with E-state index in [1.165, 1.54) is 11.1 Å². The molecule has 0 aromatic heterocycles. The Bertz CT molecular complexity index is 296. The van der Waals surface area contributed by atoms with Crippen molar-refractivity contribution in [1.82, 2.24) is 0 Å². The number of hydrogen-bond donors (Lipinski definition) is 1. The van der Waals surface area contributed by atoms with Crippen LogP contribution in [0.2, 0.25) is 0 Å². The third kappa shape index (κ3) is 2.48. The molecule has 0 saturated heterocycles. The highest BCUT2D eigenvalue weighted by atomic mass is 16.5. The van der Waals surface area contributed by atoms with E-state index in [-0.39, 0.29) is 0 Å². The van der Waals surface area contributed by atoms with Gasteiger partial charge in [-0.2, -0.15) is 0 Å². The fourth-order valence-corrected chi connectivity index (χ4v) is 1.47. The maximum atomic E-state index is 5.66. The van der Waals surface area contributed by atoms with Gasteiger partial charge in [0.2, 0.25) is 0 Å². The molecule has 0 amide bonds. The number of ether oxygens (including phenoxy) is 1. The van der Waals surface area contributed by atoms with Crippen molar-refractivity contribution in [2.75, 3.05) is 13.2 Å². The SMILES string of the molecule is CCOc1ccc(C)cc1C(C)CN. The smallest absolute Gasteiger partial charge is 0.122 e. The molecule has 0 fully saturated rings. The average molecular weight is 193 g/mol. The molecule has 1 unspecified atom stereocenters. The van der Waals surface area contributed by atoms with Gasteiger partial charge in [0.25, 0.3) is 0 Å². The molecule has 0 saturated carbocycles. The first-order valence-corrected chi connectivity index (χ1v) is 5.12. The number of rotatable bonds is 4. The van der Waals surface area contributed by atoms with E-state index in [9.17, 15) is 0 Å². The standard InChI is InChI=1S/C12H19NO/c1-4-14-12-6-5-9(2)7-11(12)10(3)8-13/h5-7,10H,4,8,13H2,1-3H3.